The molecule has 0 saturated heterocycles. The Kier molecular flexibility index (Phi) is 12.9. The highest BCUT2D eigenvalue weighted by atomic mass is 32.2. The van der Waals surface area contributed by atoms with Gasteiger partial charge in [0.15, 0.2) is 35.3 Å². The Morgan fingerprint density at radius 1 is 0.947 bits per heavy atom. The minimum absolute atomic E-state index is 0.0349. The Labute approximate surface area is 325 Å². The lowest BCUT2D eigenvalue weighted by atomic mass is 9.97. The van der Waals surface area contributed by atoms with Crippen LogP contribution in [0.2, 0.25) is 0 Å². The number of hydrazine groups is 2. The summed E-state index contributed by atoms with van der Waals surface area (Å²) in [5, 5.41) is 29.0. The number of phenols is 1. The minimum Gasteiger partial charge on any atom is -0.506 e. The second kappa shape index (κ2) is 17.8. The van der Waals surface area contributed by atoms with Crippen LogP contribution in [0.25, 0.3) is 16.8 Å². The van der Waals surface area contributed by atoms with Crippen LogP contribution in [0.3, 0.4) is 0 Å². The first-order chi connectivity index (χ1) is 27.4. The van der Waals surface area contributed by atoms with Crippen molar-refractivity contribution in [3.8, 4) is 11.5 Å². The van der Waals surface area contributed by atoms with Crippen molar-refractivity contribution >= 4 is 39.0 Å². The van der Waals surface area contributed by atoms with Gasteiger partial charge in [-0.2, -0.15) is 28.1 Å². The van der Waals surface area contributed by atoms with E-state index in [1.165, 1.54) is 64.9 Å². The van der Waals surface area contributed by atoms with Crippen molar-refractivity contribution in [3.63, 3.8) is 0 Å². The van der Waals surface area contributed by atoms with Crippen LogP contribution in [-0.4, -0.2) is 122 Å². The number of rotatable bonds is 15. The summed E-state index contributed by atoms with van der Waals surface area (Å²) in [6.45, 7) is -0.378. The van der Waals surface area contributed by atoms with Gasteiger partial charge >= 0.3 is 11.4 Å². The molecule has 2 aromatic rings. The number of carbonyl (C=O) groups is 1. The van der Waals surface area contributed by atoms with E-state index in [-0.39, 0.29) is 70.5 Å². The highest BCUT2D eigenvalue weighted by Gasteiger charge is 2.38. The average molecular weight is 807 g/mol. The highest BCUT2D eigenvalue weighted by molar-refractivity contribution is 7.86. The molecule has 7 N–H and O–H groups in total. The number of methoxy groups -OCH3 is 5. The van der Waals surface area contributed by atoms with Crippen LogP contribution in [0.1, 0.15) is 21.5 Å². The Morgan fingerprint density at radius 2 is 1.54 bits per heavy atom. The lowest BCUT2D eigenvalue weighted by Gasteiger charge is -2.37. The van der Waals surface area contributed by atoms with Crippen molar-refractivity contribution in [1.29, 1.82) is 0 Å². The number of phenolic OH excluding ortho intramolecular Hbond substituents is 1. The maximum Gasteiger partial charge on any atom is 0.328 e. The van der Waals surface area contributed by atoms with Gasteiger partial charge in [-0.05, 0) is 18.2 Å². The van der Waals surface area contributed by atoms with E-state index in [4.69, 9.17) is 23.7 Å². The molecule has 300 valence electrons. The molecular formula is C35H38N10O11S. The van der Waals surface area contributed by atoms with Crippen molar-refractivity contribution in [1.82, 2.24) is 26.6 Å². The van der Waals surface area contributed by atoms with Gasteiger partial charge in [-0.3, -0.25) is 14.8 Å². The third kappa shape index (κ3) is 8.57. The first-order valence-electron chi connectivity index (χ1n) is 16.6. The standard InChI is InChI=1S/C35H38N10O11S/c1-52-24-15-21(41-36)25(53-2)14-20(24)39-34-30(29-32(48)19(31(47)18-9-7-6-8-10-18)13-28(33(29)56-5)57(49,50)51)45(44-35(40-34)38-11-12-46)43-23-17-26(54-3)22(42-37)16-27(23)55-4/h6-10,13-17,25-26,39,43,46,48H,11-12H2,1-5H3,(H2,38,40,44)(H,49,50,51). The van der Waals surface area contributed by atoms with Gasteiger partial charge in [0.2, 0.25) is 5.96 Å². The van der Waals surface area contributed by atoms with Gasteiger partial charge in [0.25, 0.3) is 10.1 Å². The Hall–Kier alpha value is -6.77. The summed E-state index contributed by atoms with van der Waals surface area (Å²) < 4.78 is 64.3. The number of ether oxygens (including phenoxy) is 5. The molecule has 0 bridgehead atoms. The van der Waals surface area contributed by atoms with E-state index in [9.17, 15) is 39.0 Å². The number of hydrogen-bond acceptors (Lipinski definition) is 16. The van der Waals surface area contributed by atoms with E-state index in [0.29, 0.717) is 0 Å². The first-order valence-corrected chi connectivity index (χ1v) is 18.1. The summed E-state index contributed by atoms with van der Waals surface area (Å²) in [5.41, 5.74) is 24.4. The SMILES string of the molecule is COC1=CC(=[N+]=[N-])C(OC)C=C1NC1=C(c2c(O)c(C(=O)c3ccccc3)cc(S(=O)(=O)O)c2OC)N(NC2=CC(OC)C(=[N+]=[N-])C=C2OC)NC(NCCO)=N1. The molecule has 5 rings (SSSR count). The van der Waals surface area contributed by atoms with Crippen LogP contribution >= 0.6 is 0 Å². The fourth-order valence-electron chi connectivity index (χ4n) is 5.83. The van der Waals surface area contributed by atoms with Gasteiger partial charge in [-0.1, -0.05) is 30.3 Å². The molecule has 1 aliphatic heterocycles. The van der Waals surface area contributed by atoms with Crippen molar-refractivity contribution in [2.45, 2.75) is 17.1 Å². The number of nitrogens with zero attached hydrogens (tertiary/aromatic N) is 6. The molecule has 0 aromatic heterocycles. The van der Waals surface area contributed by atoms with Gasteiger partial charge in [-0.25, -0.2) is 5.43 Å². The van der Waals surface area contributed by atoms with Gasteiger partial charge in [0, 0.05) is 26.3 Å². The summed E-state index contributed by atoms with van der Waals surface area (Å²) in [5.74, 6) is -2.35. The number of benzene rings is 2. The van der Waals surface area contributed by atoms with Crippen LogP contribution in [0.4, 0.5) is 0 Å². The van der Waals surface area contributed by atoms with Crippen molar-refractivity contribution in [2.24, 2.45) is 4.99 Å². The zero-order valence-electron chi connectivity index (χ0n) is 31.0. The highest BCUT2D eigenvalue weighted by Crippen LogP contribution is 2.45. The Morgan fingerprint density at radius 3 is 2.07 bits per heavy atom. The van der Waals surface area contributed by atoms with Crippen LogP contribution in [0.5, 0.6) is 11.5 Å². The van der Waals surface area contributed by atoms with Crippen LogP contribution in [0.15, 0.2) is 99.3 Å². The third-order valence-electron chi connectivity index (χ3n) is 8.48. The van der Waals surface area contributed by atoms with Crippen LogP contribution in [0, 0.1) is 0 Å². The molecule has 2 unspecified atom stereocenters. The maximum absolute atomic E-state index is 14.0. The van der Waals surface area contributed by atoms with Gasteiger partial charge in [0.05, 0.1) is 62.6 Å². The quantitative estimate of drug-likeness (QED) is 0.0561. The van der Waals surface area contributed by atoms with E-state index in [1.54, 1.807) is 18.2 Å². The smallest absolute Gasteiger partial charge is 0.328 e. The topological polar surface area (TPSA) is 295 Å². The number of guanidine groups is 1. The fraction of sp³-hybridized carbons (Fsp3) is 0.257. The molecule has 0 amide bonds. The molecule has 2 aromatic carbocycles. The number of carbonyl (C=O) groups excluding carboxylic acids is 1. The molecule has 2 aliphatic carbocycles. The predicted molar refractivity (Wildman–Crippen MR) is 200 cm³/mol. The molecular weight excluding hydrogens is 769 g/mol. The molecule has 2 atom stereocenters. The molecule has 21 nitrogen and oxygen atoms in total. The lowest BCUT2D eigenvalue weighted by Crippen LogP contribution is -2.56. The van der Waals surface area contributed by atoms with Gasteiger partial charge in [-0.15, -0.1) is 0 Å². The molecule has 1 heterocycles. The number of aliphatic imine (C=N–C) groups is 1. The molecule has 57 heavy (non-hydrogen) atoms. The molecule has 0 spiro atoms. The number of aromatic hydroxyl groups is 1. The number of hydrogen-bond donors (Lipinski definition) is 7. The number of aliphatic hydroxyl groups excluding tert-OH is 1. The van der Waals surface area contributed by atoms with E-state index < -0.39 is 55.6 Å². The number of ketones is 1. The normalized spacial score (nSPS) is 18.1. The minimum atomic E-state index is -5.19. The maximum atomic E-state index is 14.0. The van der Waals surface area contributed by atoms with Crippen molar-refractivity contribution in [2.75, 3.05) is 48.7 Å². The third-order valence-corrected chi connectivity index (χ3v) is 9.34. The van der Waals surface area contributed by atoms with E-state index in [2.05, 4.69) is 36.1 Å². The summed E-state index contributed by atoms with van der Waals surface area (Å²) in [7, 11) is 1.28. The average Bonchev–Trinajstić information content (AvgIpc) is 3.22. The van der Waals surface area contributed by atoms with Crippen molar-refractivity contribution < 1.29 is 61.2 Å². The fourth-order valence-corrected chi connectivity index (χ4v) is 6.52. The molecule has 22 heteroatoms. The van der Waals surface area contributed by atoms with Crippen molar-refractivity contribution in [3.05, 3.63) is 117 Å². The zero-order chi connectivity index (χ0) is 41.4. The second-order valence-electron chi connectivity index (χ2n) is 11.8. The Bertz CT molecular complexity index is 2340. The first kappa shape index (κ1) is 41.4. The number of aliphatic hydroxyl groups is 1. The monoisotopic (exact) mass is 806 g/mol. The van der Waals surface area contributed by atoms with E-state index >= 15 is 0 Å². The number of nitrogens with one attached hydrogen (secondary N) is 4. The van der Waals surface area contributed by atoms with Crippen LogP contribution in [-0.2, 0) is 29.1 Å². The largest absolute Gasteiger partial charge is 0.506 e. The van der Waals surface area contributed by atoms with Gasteiger partial charge in [0.1, 0.15) is 22.1 Å². The second-order valence-corrected chi connectivity index (χ2v) is 13.2. The molecule has 0 saturated carbocycles. The van der Waals surface area contributed by atoms with Crippen LogP contribution < -0.4 is 26.2 Å². The Balaban J connectivity index is 1.90. The predicted octanol–water partition coefficient (Wildman–Crippen LogP) is 0.584. The summed E-state index contributed by atoms with van der Waals surface area (Å²) in [6.07, 6.45) is 3.81. The summed E-state index contributed by atoms with van der Waals surface area (Å²) in [6, 6.07) is 8.45. The van der Waals surface area contributed by atoms with E-state index in [0.717, 1.165) is 18.3 Å². The summed E-state index contributed by atoms with van der Waals surface area (Å²) >= 11 is 0. The summed E-state index contributed by atoms with van der Waals surface area (Å²) in [4.78, 5) is 24.3. The van der Waals surface area contributed by atoms with E-state index in [1.807, 2.05) is 0 Å². The zero-order valence-corrected chi connectivity index (χ0v) is 31.9. The lowest BCUT2D eigenvalue weighted by molar-refractivity contribution is -0.0194. The molecule has 0 fully saturated rings. The molecule has 3 aliphatic rings. The van der Waals surface area contributed by atoms with Gasteiger partial charge < -0.3 is 55.6 Å². The molecule has 0 radical (unpaired) electrons.